The first kappa shape index (κ1) is 12.9. The summed E-state index contributed by atoms with van der Waals surface area (Å²) in [5.74, 6) is 0.544. The third-order valence-corrected chi connectivity index (χ3v) is 3.59. The van der Waals surface area contributed by atoms with Crippen molar-refractivity contribution in [2.24, 2.45) is 11.7 Å². The molecular formula is C12H26N2O. The number of nitrogens with zero attached hydrogens (tertiary/aromatic N) is 1. The Balaban J connectivity index is 2.48. The fraction of sp³-hybridized carbons (Fsp3) is 1.00. The molecule has 0 aliphatic carbocycles. The van der Waals surface area contributed by atoms with Crippen LogP contribution in [0.25, 0.3) is 0 Å². The average molecular weight is 214 g/mol. The van der Waals surface area contributed by atoms with Crippen LogP contribution in [0, 0.1) is 5.92 Å². The van der Waals surface area contributed by atoms with Crippen molar-refractivity contribution in [3.63, 3.8) is 0 Å². The Morgan fingerprint density at radius 1 is 1.40 bits per heavy atom. The van der Waals surface area contributed by atoms with E-state index in [2.05, 4.69) is 32.6 Å². The van der Waals surface area contributed by atoms with Crippen LogP contribution >= 0.6 is 0 Å². The molecule has 15 heavy (non-hydrogen) atoms. The second kappa shape index (κ2) is 5.83. The largest absolute Gasteiger partial charge is 0.374 e. The van der Waals surface area contributed by atoms with Gasteiger partial charge in [-0.05, 0) is 19.8 Å². The fourth-order valence-corrected chi connectivity index (χ4v) is 2.04. The van der Waals surface area contributed by atoms with Gasteiger partial charge in [-0.1, -0.05) is 20.3 Å². The zero-order chi connectivity index (χ0) is 11.4. The molecule has 2 N–H and O–H groups in total. The Bertz CT molecular complexity index is 184. The van der Waals surface area contributed by atoms with Crippen molar-refractivity contribution < 1.29 is 4.74 Å². The molecule has 3 nitrogen and oxygen atoms in total. The molecule has 0 aromatic heterocycles. The van der Waals surface area contributed by atoms with E-state index in [0.29, 0.717) is 12.0 Å². The van der Waals surface area contributed by atoms with Crippen LogP contribution < -0.4 is 5.73 Å². The van der Waals surface area contributed by atoms with E-state index >= 15 is 0 Å². The van der Waals surface area contributed by atoms with Gasteiger partial charge in [-0.2, -0.15) is 0 Å². The zero-order valence-electron chi connectivity index (χ0n) is 10.6. The molecule has 0 spiro atoms. The van der Waals surface area contributed by atoms with Gasteiger partial charge >= 0.3 is 0 Å². The Labute approximate surface area is 94.0 Å². The molecule has 0 saturated carbocycles. The summed E-state index contributed by atoms with van der Waals surface area (Å²) in [5.41, 5.74) is 6.21. The highest BCUT2D eigenvalue weighted by atomic mass is 16.5. The minimum atomic E-state index is 0.177. The topological polar surface area (TPSA) is 38.5 Å². The molecule has 90 valence electrons. The summed E-state index contributed by atoms with van der Waals surface area (Å²) in [6, 6.07) is 0.775. The van der Waals surface area contributed by atoms with Gasteiger partial charge in [-0.15, -0.1) is 0 Å². The Hall–Kier alpha value is -0.120. The number of hydrogen-bond donors (Lipinski definition) is 1. The molecule has 1 fully saturated rings. The van der Waals surface area contributed by atoms with E-state index in [1.807, 2.05) is 0 Å². The van der Waals surface area contributed by atoms with Gasteiger partial charge in [-0.3, -0.25) is 4.90 Å². The molecule has 1 heterocycles. The van der Waals surface area contributed by atoms with E-state index in [9.17, 15) is 0 Å². The third kappa shape index (κ3) is 3.44. The maximum absolute atomic E-state index is 6.21. The van der Waals surface area contributed by atoms with Gasteiger partial charge in [-0.25, -0.2) is 0 Å². The van der Waals surface area contributed by atoms with Crippen molar-refractivity contribution in [2.75, 3.05) is 19.7 Å². The molecule has 0 amide bonds. The maximum atomic E-state index is 6.21. The number of morpholine rings is 1. The number of rotatable bonds is 4. The highest BCUT2D eigenvalue weighted by Gasteiger charge is 2.29. The molecule has 1 rings (SSSR count). The van der Waals surface area contributed by atoms with Crippen LogP contribution in [-0.4, -0.2) is 42.8 Å². The molecule has 0 bridgehead atoms. The van der Waals surface area contributed by atoms with Crippen LogP contribution in [0.15, 0.2) is 0 Å². The number of ether oxygens (including phenoxy) is 1. The van der Waals surface area contributed by atoms with E-state index in [1.165, 1.54) is 0 Å². The summed E-state index contributed by atoms with van der Waals surface area (Å²) in [5, 5.41) is 0. The first-order chi connectivity index (χ1) is 7.06. The molecule has 1 aliphatic heterocycles. The van der Waals surface area contributed by atoms with Gasteiger partial charge in [0.1, 0.15) is 0 Å². The molecular weight excluding hydrogens is 188 g/mol. The summed E-state index contributed by atoms with van der Waals surface area (Å²) in [7, 11) is 0. The van der Waals surface area contributed by atoms with Crippen molar-refractivity contribution in [1.29, 1.82) is 0 Å². The lowest BCUT2D eigenvalue weighted by atomic mass is 9.94. The highest BCUT2D eigenvalue weighted by molar-refractivity contribution is 4.84. The minimum absolute atomic E-state index is 0.177. The van der Waals surface area contributed by atoms with Crippen LogP contribution in [0.1, 0.15) is 34.1 Å². The van der Waals surface area contributed by atoms with Gasteiger partial charge in [0.05, 0.1) is 12.7 Å². The van der Waals surface area contributed by atoms with Gasteiger partial charge in [0.15, 0.2) is 0 Å². The minimum Gasteiger partial charge on any atom is -0.374 e. The molecule has 3 atom stereocenters. The lowest BCUT2D eigenvalue weighted by Crippen LogP contribution is -2.54. The van der Waals surface area contributed by atoms with Crippen LogP contribution in [0.4, 0.5) is 0 Å². The van der Waals surface area contributed by atoms with E-state index in [1.54, 1.807) is 0 Å². The Morgan fingerprint density at radius 3 is 2.60 bits per heavy atom. The van der Waals surface area contributed by atoms with Gasteiger partial charge in [0.2, 0.25) is 0 Å². The highest BCUT2D eigenvalue weighted by Crippen LogP contribution is 2.17. The van der Waals surface area contributed by atoms with E-state index < -0.39 is 0 Å². The Kier molecular flexibility index (Phi) is 5.03. The maximum Gasteiger partial charge on any atom is 0.0855 e. The van der Waals surface area contributed by atoms with E-state index in [0.717, 1.165) is 26.1 Å². The predicted molar refractivity (Wildman–Crippen MR) is 63.9 cm³/mol. The molecule has 0 aromatic rings. The third-order valence-electron chi connectivity index (χ3n) is 3.59. The molecule has 1 saturated heterocycles. The summed E-state index contributed by atoms with van der Waals surface area (Å²) >= 11 is 0. The number of nitrogens with two attached hydrogens (primary N) is 1. The van der Waals surface area contributed by atoms with Gasteiger partial charge in [0.25, 0.3) is 0 Å². The monoisotopic (exact) mass is 214 g/mol. The van der Waals surface area contributed by atoms with Crippen LogP contribution in [0.2, 0.25) is 0 Å². The number of hydrogen-bond acceptors (Lipinski definition) is 3. The van der Waals surface area contributed by atoms with Crippen molar-refractivity contribution in [3.8, 4) is 0 Å². The van der Waals surface area contributed by atoms with Gasteiger partial charge < -0.3 is 10.5 Å². The molecule has 1 aliphatic rings. The quantitative estimate of drug-likeness (QED) is 0.770. The second-order valence-electron chi connectivity index (χ2n) is 4.96. The normalized spacial score (nSPS) is 28.0. The average Bonchev–Trinajstić information content (AvgIpc) is 2.27. The van der Waals surface area contributed by atoms with Crippen molar-refractivity contribution in [1.82, 2.24) is 4.90 Å². The fourth-order valence-electron chi connectivity index (χ4n) is 2.04. The summed E-state index contributed by atoms with van der Waals surface area (Å²) in [6.07, 6.45) is 1.35. The second-order valence-corrected chi connectivity index (χ2v) is 4.96. The van der Waals surface area contributed by atoms with Crippen molar-refractivity contribution in [3.05, 3.63) is 0 Å². The summed E-state index contributed by atoms with van der Waals surface area (Å²) < 4.78 is 5.78. The predicted octanol–water partition coefficient (Wildman–Crippen LogP) is 1.47. The smallest absolute Gasteiger partial charge is 0.0855 e. The zero-order valence-corrected chi connectivity index (χ0v) is 10.6. The van der Waals surface area contributed by atoms with Crippen molar-refractivity contribution in [2.45, 2.75) is 52.3 Å². The van der Waals surface area contributed by atoms with Gasteiger partial charge in [0, 0.05) is 25.2 Å². The first-order valence-corrected chi connectivity index (χ1v) is 6.17. The summed E-state index contributed by atoms with van der Waals surface area (Å²) in [6.45, 7) is 11.7. The molecule has 3 heteroatoms. The first-order valence-electron chi connectivity index (χ1n) is 6.17. The van der Waals surface area contributed by atoms with Crippen LogP contribution in [-0.2, 0) is 4.74 Å². The lowest BCUT2D eigenvalue weighted by molar-refractivity contribution is -0.0570. The van der Waals surface area contributed by atoms with Crippen LogP contribution in [0.3, 0.4) is 0 Å². The van der Waals surface area contributed by atoms with Crippen molar-refractivity contribution >= 4 is 0 Å². The van der Waals surface area contributed by atoms with Crippen LogP contribution in [0.5, 0.6) is 0 Å². The molecule has 3 unspecified atom stereocenters. The molecule has 0 aromatic carbocycles. The Morgan fingerprint density at radius 2 is 2.07 bits per heavy atom. The SMILES string of the molecule is CCC(C)C(N)C1CN(C(C)C)CCO1. The standard InChI is InChI=1S/C12H26N2O/c1-5-10(4)12(13)11-8-14(9(2)3)6-7-15-11/h9-12H,5-8,13H2,1-4H3. The van der Waals surface area contributed by atoms with E-state index in [-0.39, 0.29) is 12.1 Å². The van der Waals surface area contributed by atoms with E-state index in [4.69, 9.17) is 10.5 Å². The molecule has 0 radical (unpaired) electrons. The lowest BCUT2D eigenvalue weighted by Gasteiger charge is -2.39. The summed E-state index contributed by atoms with van der Waals surface area (Å²) in [4.78, 5) is 2.45.